The second-order valence-electron chi connectivity index (χ2n) is 13.2. The smallest absolute Gasteiger partial charge is 0.303 e. The number of ketones is 1. The van der Waals surface area contributed by atoms with Crippen LogP contribution in [-0.2, 0) is 24.3 Å². The summed E-state index contributed by atoms with van der Waals surface area (Å²) in [4.78, 5) is 30.1. The van der Waals surface area contributed by atoms with Crippen molar-refractivity contribution in [1.82, 2.24) is 9.47 Å². The maximum atomic E-state index is 14.1. The molecule has 0 spiro atoms. The largest absolute Gasteiger partial charge is 0.492 e. The zero-order chi connectivity index (χ0) is 36.3. The van der Waals surface area contributed by atoms with Gasteiger partial charge in [-0.2, -0.15) is 0 Å². The van der Waals surface area contributed by atoms with Crippen LogP contribution in [0.4, 0.5) is 11.4 Å². The summed E-state index contributed by atoms with van der Waals surface area (Å²) in [5.41, 5.74) is 6.53. The van der Waals surface area contributed by atoms with E-state index in [2.05, 4.69) is 58.4 Å². The van der Waals surface area contributed by atoms with Gasteiger partial charge in [0.05, 0.1) is 24.6 Å². The van der Waals surface area contributed by atoms with Crippen LogP contribution in [0.1, 0.15) is 60.2 Å². The lowest BCUT2D eigenvalue weighted by Crippen LogP contribution is -2.46. The number of hydrogen-bond acceptors (Lipinski definition) is 7. The van der Waals surface area contributed by atoms with Crippen LogP contribution >= 0.6 is 0 Å². The van der Waals surface area contributed by atoms with Gasteiger partial charge < -0.3 is 29.4 Å². The van der Waals surface area contributed by atoms with Crippen molar-refractivity contribution in [1.29, 1.82) is 0 Å². The number of piperazine rings is 1. The van der Waals surface area contributed by atoms with Crippen molar-refractivity contribution in [2.24, 2.45) is 0 Å². The summed E-state index contributed by atoms with van der Waals surface area (Å²) in [7, 11) is 0. The normalized spacial score (nSPS) is 13.3. The van der Waals surface area contributed by atoms with Gasteiger partial charge in [-0.3, -0.25) is 14.5 Å². The third kappa shape index (κ3) is 9.14. The predicted octanol–water partition coefficient (Wildman–Crippen LogP) is 7.90. The molecule has 52 heavy (non-hydrogen) atoms. The van der Waals surface area contributed by atoms with E-state index in [1.807, 2.05) is 72.3 Å². The molecule has 1 aromatic heterocycles. The number of carboxylic acids is 1. The number of carboxylic acid groups (broad SMARTS) is 1. The number of rotatable bonds is 18. The standard InChI is InChI=1S/C43H50N4O5/c1-3-32-16-18-33(19-17-32)30-44-37-21-20-34(43(50)36-31-47(23-9-15-42(48)49)38-12-6-5-11-35(36)38)29-41(37)52-28-10-22-45-24-26-46(27-25-45)39-13-7-8-14-40(39)51-4-2/h5-8,11-14,16-21,29,31,44H,3-4,9-10,15,22-28,30H2,1-2H3,(H,48,49). The fourth-order valence-electron chi connectivity index (χ4n) is 6.87. The highest BCUT2D eigenvalue weighted by atomic mass is 16.5. The van der Waals surface area contributed by atoms with Gasteiger partial charge in [0.2, 0.25) is 0 Å². The number of para-hydroxylation sites is 3. The van der Waals surface area contributed by atoms with Crippen LogP contribution in [0.2, 0.25) is 0 Å². The summed E-state index contributed by atoms with van der Waals surface area (Å²) in [5, 5.41) is 13.5. The number of aliphatic carboxylic acids is 1. The van der Waals surface area contributed by atoms with Gasteiger partial charge in [-0.1, -0.05) is 61.5 Å². The highest BCUT2D eigenvalue weighted by Gasteiger charge is 2.21. The summed E-state index contributed by atoms with van der Waals surface area (Å²) in [6, 6.07) is 30.3. The molecule has 0 saturated carbocycles. The van der Waals surface area contributed by atoms with Crippen molar-refractivity contribution < 1.29 is 24.2 Å². The number of anilines is 2. The van der Waals surface area contributed by atoms with E-state index >= 15 is 0 Å². The van der Waals surface area contributed by atoms with Crippen LogP contribution in [0.25, 0.3) is 10.9 Å². The molecule has 2 N–H and O–H groups in total. The Morgan fingerprint density at radius 2 is 1.54 bits per heavy atom. The second kappa shape index (κ2) is 17.8. The van der Waals surface area contributed by atoms with Gasteiger partial charge in [0.1, 0.15) is 11.5 Å². The van der Waals surface area contributed by atoms with E-state index in [0.717, 1.165) is 73.6 Å². The average Bonchev–Trinajstić information content (AvgIpc) is 3.54. The number of ether oxygens (including phenoxy) is 2. The average molecular weight is 703 g/mol. The number of carbonyl (C=O) groups is 2. The molecule has 1 fully saturated rings. The molecule has 4 aromatic carbocycles. The van der Waals surface area contributed by atoms with E-state index in [9.17, 15) is 9.59 Å². The van der Waals surface area contributed by atoms with Gasteiger partial charge >= 0.3 is 5.97 Å². The first-order chi connectivity index (χ1) is 25.4. The van der Waals surface area contributed by atoms with E-state index in [1.165, 1.54) is 11.1 Å². The maximum absolute atomic E-state index is 14.1. The Hall–Kier alpha value is -5.28. The molecular weight excluding hydrogens is 652 g/mol. The van der Waals surface area contributed by atoms with Gasteiger partial charge in [-0.15, -0.1) is 0 Å². The predicted molar refractivity (Wildman–Crippen MR) is 208 cm³/mol. The lowest BCUT2D eigenvalue weighted by molar-refractivity contribution is -0.137. The SMILES string of the molecule is CCOc1ccccc1N1CCN(CCCOc2cc(C(=O)c3cn(CCCC(=O)O)c4ccccc34)ccc2NCc2ccc(CC)cc2)CC1. The van der Waals surface area contributed by atoms with Crippen LogP contribution in [0.3, 0.4) is 0 Å². The number of nitrogens with one attached hydrogen (secondary N) is 1. The zero-order valence-corrected chi connectivity index (χ0v) is 30.4. The second-order valence-corrected chi connectivity index (χ2v) is 13.2. The van der Waals surface area contributed by atoms with Crippen LogP contribution in [0.15, 0.2) is 97.2 Å². The minimum atomic E-state index is -0.825. The van der Waals surface area contributed by atoms with Crippen LogP contribution in [0.5, 0.6) is 11.5 Å². The fraction of sp³-hybridized carbons (Fsp3) is 0.349. The lowest BCUT2D eigenvalue weighted by Gasteiger charge is -2.36. The van der Waals surface area contributed by atoms with Gasteiger partial charge in [-0.05, 0) is 73.7 Å². The van der Waals surface area contributed by atoms with E-state index < -0.39 is 5.97 Å². The van der Waals surface area contributed by atoms with Crippen molar-refractivity contribution in [3.8, 4) is 11.5 Å². The monoisotopic (exact) mass is 702 g/mol. The summed E-state index contributed by atoms with van der Waals surface area (Å²) in [5.74, 6) is 0.674. The number of aromatic nitrogens is 1. The molecule has 0 aliphatic carbocycles. The summed E-state index contributed by atoms with van der Waals surface area (Å²) in [6.45, 7) is 11.2. The first-order valence-electron chi connectivity index (χ1n) is 18.6. The number of nitrogens with zero attached hydrogens (tertiary/aromatic N) is 3. The van der Waals surface area contributed by atoms with Gasteiger partial charge in [0.25, 0.3) is 0 Å². The highest BCUT2D eigenvalue weighted by molar-refractivity contribution is 6.16. The van der Waals surface area contributed by atoms with E-state index in [1.54, 1.807) is 0 Å². The van der Waals surface area contributed by atoms with Crippen LogP contribution in [-0.4, -0.2) is 72.3 Å². The number of hydrogen-bond donors (Lipinski definition) is 2. The van der Waals surface area contributed by atoms with E-state index in [4.69, 9.17) is 14.6 Å². The Morgan fingerprint density at radius 1 is 0.788 bits per heavy atom. The number of aryl methyl sites for hydroxylation is 2. The summed E-state index contributed by atoms with van der Waals surface area (Å²) in [6.07, 6.45) is 4.28. The molecule has 2 heterocycles. The topological polar surface area (TPSA) is 96.3 Å². The molecule has 0 atom stereocenters. The minimum Gasteiger partial charge on any atom is -0.492 e. The first kappa shape index (κ1) is 36.5. The Balaban J connectivity index is 1.13. The molecule has 9 nitrogen and oxygen atoms in total. The lowest BCUT2D eigenvalue weighted by atomic mass is 10.0. The van der Waals surface area contributed by atoms with Gasteiger partial charge in [-0.25, -0.2) is 0 Å². The molecule has 9 heteroatoms. The Labute approximate surface area is 306 Å². The molecule has 0 unspecified atom stereocenters. The molecule has 0 bridgehead atoms. The van der Waals surface area contributed by atoms with Crippen LogP contribution < -0.4 is 19.7 Å². The number of benzene rings is 4. The Morgan fingerprint density at radius 3 is 2.31 bits per heavy atom. The Bertz CT molecular complexity index is 1950. The minimum absolute atomic E-state index is 0.0763. The van der Waals surface area contributed by atoms with Crippen molar-refractivity contribution >= 4 is 34.0 Å². The molecule has 1 saturated heterocycles. The molecule has 5 aromatic rings. The van der Waals surface area contributed by atoms with Crippen molar-refractivity contribution in [3.63, 3.8) is 0 Å². The number of fused-ring (bicyclic) bond motifs is 1. The summed E-state index contributed by atoms with van der Waals surface area (Å²) >= 11 is 0. The first-order valence-corrected chi connectivity index (χ1v) is 18.6. The third-order valence-electron chi connectivity index (χ3n) is 9.74. The fourth-order valence-corrected chi connectivity index (χ4v) is 6.87. The molecule has 1 aliphatic heterocycles. The van der Waals surface area contributed by atoms with Crippen molar-refractivity contribution in [2.75, 3.05) is 56.2 Å². The highest BCUT2D eigenvalue weighted by Crippen LogP contribution is 2.31. The zero-order valence-electron chi connectivity index (χ0n) is 30.4. The Kier molecular flexibility index (Phi) is 12.5. The van der Waals surface area contributed by atoms with Gasteiger partial charge in [0, 0.05) is 80.5 Å². The van der Waals surface area contributed by atoms with Gasteiger partial charge in [0.15, 0.2) is 5.78 Å². The van der Waals surface area contributed by atoms with Crippen LogP contribution in [0, 0.1) is 0 Å². The third-order valence-corrected chi connectivity index (χ3v) is 9.74. The van der Waals surface area contributed by atoms with Crippen molar-refractivity contribution in [3.05, 3.63) is 119 Å². The quantitative estimate of drug-likeness (QED) is 0.0703. The molecule has 0 amide bonds. The molecule has 1 aliphatic rings. The summed E-state index contributed by atoms with van der Waals surface area (Å²) < 4.78 is 14.3. The van der Waals surface area contributed by atoms with E-state index in [0.29, 0.717) is 49.6 Å². The molecule has 272 valence electrons. The molecular formula is C43H50N4O5. The molecule has 0 radical (unpaired) electrons. The maximum Gasteiger partial charge on any atom is 0.303 e. The number of carbonyl (C=O) groups excluding carboxylic acids is 1. The van der Waals surface area contributed by atoms with Crippen molar-refractivity contribution in [2.45, 2.75) is 52.6 Å². The van der Waals surface area contributed by atoms with E-state index in [-0.39, 0.29) is 12.2 Å². The molecule has 6 rings (SSSR count).